The number of rotatable bonds is 5. The molecule has 0 radical (unpaired) electrons. The zero-order valence-corrected chi connectivity index (χ0v) is 23.7. The van der Waals surface area contributed by atoms with Gasteiger partial charge in [-0.1, -0.05) is 44.5 Å². The largest absolute Gasteiger partial charge is 0.507 e. The molecular formula is C32H33N3O7. The quantitative estimate of drug-likeness (QED) is 0.178. The summed E-state index contributed by atoms with van der Waals surface area (Å²) in [5, 5.41) is 53.2. The highest BCUT2D eigenvalue weighted by Gasteiger charge is 2.56. The number of phenols is 1. The normalized spacial score (nSPS) is 24.3. The highest BCUT2D eigenvalue weighted by molar-refractivity contribution is 6.31. The Balaban J connectivity index is 0.00000198. The summed E-state index contributed by atoms with van der Waals surface area (Å²) in [6.07, 6.45) is -0.0965. The molecule has 0 spiro atoms. The van der Waals surface area contributed by atoms with Crippen LogP contribution in [0.4, 0.5) is 11.4 Å². The van der Waals surface area contributed by atoms with E-state index in [1.54, 1.807) is 0 Å². The molecule has 2 aromatic rings. The number of fused-ring (bicyclic) bond motifs is 7. The first-order valence-electron chi connectivity index (χ1n) is 13.8. The van der Waals surface area contributed by atoms with Crippen LogP contribution in [-0.2, 0) is 4.79 Å². The number of hydrogen-bond donors (Lipinski definition) is 7. The first-order valence-corrected chi connectivity index (χ1v) is 13.8. The Morgan fingerprint density at radius 1 is 1.07 bits per heavy atom. The lowest BCUT2D eigenvalue weighted by Crippen LogP contribution is -2.62. The molecule has 1 amide bonds. The van der Waals surface area contributed by atoms with Gasteiger partial charge in [-0.25, -0.2) is 0 Å². The smallest absolute Gasteiger partial charge is 0.238 e. The zero-order chi connectivity index (χ0) is 30.8. The second-order valence-corrected chi connectivity index (χ2v) is 9.83. The number of aromatic hydroxyl groups is 1. The minimum absolute atomic E-state index is 0.00336. The van der Waals surface area contributed by atoms with Crippen molar-refractivity contribution in [3.05, 3.63) is 64.2 Å². The number of nitrogens with one attached hydrogen (secondary N) is 3. The zero-order valence-electron chi connectivity index (χ0n) is 23.7. The highest BCUT2D eigenvalue weighted by Crippen LogP contribution is 2.50. The molecule has 0 fully saturated rings. The molecule has 0 aromatic heterocycles. The van der Waals surface area contributed by atoms with Gasteiger partial charge in [0.15, 0.2) is 11.6 Å². The fourth-order valence-corrected chi connectivity index (χ4v) is 5.46. The number of hydrogen-bond acceptors (Lipinski definition) is 9. The van der Waals surface area contributed by atoms with Crippen molar-refractivity contribution in [1.82, 2.24) is 5.32 Å². The van der Waals surface area contributed by atoms with Gasteiger partial charge in [0.1, 0.15) is 23.5 Å². The Labute approximate surface area is 243 Å². The Morgan fingerprint density at radius 2 is 1.74 bits per heavy atom. The molecule has 42 heavy (non-hydrogen) atoms. The lowest BCUT2D eigenvalue weighted by Gasteiger charge is -2.48. The average Bonchev–Trinajstić information content (AvgIpc) is 2.96. The van der Waals surface area contributed by atoms with Gasteiger partial charge in [-0.3, -0.25) is 14.4 Å². The molecular weight excluding hydrogens is 538 g/mol. The number of benzene rings is 2. The molecule has 2 bridgehead atoms. The highest BCUT2D eigenvalue weighted by atomic mass is 16.3. The number of carbonyl (C=O) groups excluding carboxylic acids is 3. The fourth-order valence-electron chi connectivity index (χ4n) is 5.46. The van der Waals surface area contributed by atoms with Gasteiger partial charge in [0, 0.05) is 16.8 Å². The molecule has 7 N–H and O–H groups in total. The molecule has 4 unspecified atom stereocenters. The fraction of sp³-hybridized carbons (Fsp3) is 0.344. The second-order valence-electron chi connectivity index (χ2n) is 9.83. The van der Waals surface area contributed by atoms with Crippen molar-refractivity contribution < 1.29 is 34.8 Å². The summed E-state index contributed by atoms with van der Waals surface area (Å²) >= 11 is 0. The van der Waals surface area contributed by atoms with Gasteiger partial charge >= 0.3 is 0 Å². The van der Waals surface area contributed by atoms with E-state index in [2.05, 4.69) is 39.6 Å². The van der Waals surface area contributed by atoms with E-state index in [1.807, 2.05) is 20.8 Å². The van der Waals surface area contributed by atoms with Crippen molar-refractivity contribution in [3.8, 4) is 29.4 Å². The SMILES string of the molecule is CC.CCNCC(=O)Nc1ccc2c(c1)C(=O)c1c(O)cc3c(c1C2=O)NC1C#C/C=C\C#CC(O)C3[C@]1(O)C(C)O. The Morgan fingerprint density at radius 3 is 2.40 bits per heavy atom. The summed E-state index contributed by atoms with van der Waals surface area (Å²) in [6.45, 7) is 7.86. The maximum atomic E-state index is 13.9. The maximum Gasteiger partial charge on any atom is 0.238 e. The van der Waals surface area contributed by atoms with Crippen LogP contribution in [-0.4, -0.2) is 74.8 Å². The van der Waals surface area contributed by atoms with Gasteiger partial charge in [-0.2, -0.15) is 0 Å². The van der Waals surface area contributed by atoms with Crippen molar-refractivity contribution in [3.63, 3.8) is 0 Å². The third-order valence-electron chi connectivity index (χ3n) is 7.40. The third kappa shape index (κ3) is 5.06. The van der Waals surface area contributed by atoms with E-state index >= 15 is 0 Å². The molecule has 3 aliphatic rings. The second kappa shape index (κ2) is 12.2. The van der Waals surface area contributed by atoms with E-state index in [1.165, 1.54) is 43.3 Å². The van der Waals surface area contributed by atoms with E-state index in [0.717, 1.165) is 0 Å². The minimum Gasteiger partial charge on any atom is -0.507 e. The van der Waals surface area contributed by atoms with Crippen molar-refractivity contribution >= 4 is 28.8 Å². The van der Waals surface area contributed by atoms with Gasteiger partial charge in [0.25, 0.3) is 0 Å². The number of amides is 1. The van der Waals surface area contributed by atoms with Crippen LogP contribution < -0.4 is 16.0 Å². The number of ketones is 2. The van der Waals surface area contributed by atoms with Crippen LogP contribution in [0.3, 0.4) is 0 Å². The number of anilines is 2. The van der Waals surface area contributed by atoms with Crippen molar-refractivity contribution in [1.29, 1.82) is 0 Å². The molecule has 10 nitrogen and oxygen atoms in total. The van der Waals surface area contributed by atoms with Crippen LogP contribution in [0.25, 0.3) is 0 Å². The van der Waals surface area contributed by atoms with E-state index in [4.69, 9.17) is 0 Å². The van der Waals surface area contributed by atoms with Crippen molar-refractivity contribution in [2.45, 2.75) is 57.5 Å². The Bertz CT molecular complexity index is 1610. The van der Waals surface area contributed by atoms with Crippen LogP contribution >= 0.6 is 0 Å². The molecule has 10 heteroatoms. The molecule has 2 aliphatic carbocycles. The summed E-state index contributed by atoms with van der Waals surface area (Å²) in [6, 6.07) is 4.31. The predicted octanol–water partition coefficient (Wildman–Crippen LogP) is 1.67. The number of aliphatic hydroxyl groups is 3. The summed E-state index contributed by atoms with van der Waals surface area (Å²) in [5.41, 5.74) is -1.93. The average molecular weight is 572 g/mol. The van der Waals surface area contributed by atoms with Crippen LogP contribution in [0.2, 0.25) is 0 Å². The van der Waals surface area contributed by atoms with Crippen LogP contribution in [0, 0.1) is 23.7 Å². The van der Waals surface area contributed by atoms with Crippen LogP contribution in [0.1, 0.15) is 71.0 Å². The van der Waals surface area contributed by atoms with E-state index in [0.29, 0.717) is 12.2 Å². The minimum atomic E-state index is -2.08. The van der Waals surface area contributed by atoms with E-state index in [-0.39, 0.29) is 46.0 Å². The number of allylic oxidation sites excluding steroid dienone is 2. The topological polar surface area (TPSA) is 168 Å². The number of phenolic OH excluding ortho intramolecular Hbond substituents is 1. The van der Waals surface area contributed by atoms with E-state index in [9.17, 15) is 34.8 Å². The summed E-state index contributed by atoms with van der Waals surface area (Å²) < 4.78 is 0. The summed E-state index contributed by atoms with van der Waals surface area (Å²) in [7, 11) is 0. The number of aliphatic hydroxyl groups excluding tert-OH is 2. The molecule has 0 saturated heterocycles. The standard InChI is InChI=1S/C30H27N3O7.C2H6/c1-3-31-14-23(37)32-16-10-11-17-18(12-16)29(39)24-21(36)13-19-26-20(35)8-6-4-5-7-9-22(30(26,40)15(2)34)33-27(19)25(24)28(17)38;1-2/h4-5,10-13,15,20,22,26,31,33-36,40H,3,14H2,1-2H3,(H,32,37);1-2H3/b5-4-;/t15?,20?,22?,26?,30-;/m0./s1. The molecule has 5 rings (SSSR count). The molecule has 218 valence electrons. The summed E-state index contributed by atoms with van der Waals surface area (Å²) in [4.78, 5) is 39.7. The van der Waals surface area contributed by atoms with Gasteiger partial charge in [-0.05, 0) is 55.4 Å². The molecule has 1 aliphatic heterocycles. The van der Waals surface area contributed by atoms with Gasteiger partial charge < -0.3 is 36.4 Å². The van der Waals surface area contributed by atoms with Crippen LogP contribution in [0.15, 0.2) is 36.4 Å². The molecule has 5 atom stereocenters. The molecule has 2 aromatic carbocycles. The van der Waals surface area contributed by atoms with Gasteiger partial charge in [-0.15, -0.1) is 0 Å². The summed E-state index contributed by atoms with van der Waals surface area (Å²) in [5.74, 6) is 7.39. The predicted molar refractivity (Wildman–Crippen MR) is 157 cm³/mol. The first kappa shape index (κ1) is 30.5. The van der Waals surface area contributed by atoms with Crippen molar-refractivity contribution in [2.24, 2.45) is 0 Å². The van der Waals surface area contributed by atoms with Crippen LogP contribution in [0.5, 0.6) is 5.75 Å². The first-order chi connectivity index (χ1) is 20.1. The maximum absolute atomic E-state index is 13.9. The van der Waals surface area contributed by atoms with Crippen molar-refractivity contribution in [2.75, 3.05) is 23.7 Å². The Kier molecular flexibility index (Phi) is 8.86. The third-order valence-corrected chi connectivity index (χ3v) is 7.40. The van der Waals surface area contributed by atoms with Gasteiger partial charge in [0.2, 0.25) is 5.91 Å². The lowest BCUT2D eigenvalue weighted by molar-refractivity contribution is -0.115. The molecule has 0 saturated carbocycles. The van der Waals surface area contributed by atoms with Gasteiger partial charge in [0.05, 0.1) is 35.4 Å². The monoisotopic (exact) mass is 571 g/mol. The number of likely N-dealkylation sites (N-methyl/N-ethyl adjacent to an activating group) is 1. The number of carbonyl (C=O) groups is 3. The Hall–Kier alpha value is -4.45. The lowest BCUT2D eigenvalue weighted by atomic mass is 9.66. The molecule has 1 heterocycles. The van der Waals surface area contributed by atoms with E-state index < -0.39 is 47.1 Å².